The highest BCUT2D eigenvalue weighted by atomic mass is 16.4. The summed E-state index contributed by atoms with van der Waals surface area (Å²) in [4.78, 5) is 24.3. The molecule has 1 aromatic rings. The van der Waals surface area contributed by atoms with Crippen LogP contribution >= 0.6 is 0 Å². The maximum absolute atomic E-state index is 11.9. The van der Waals surface area contributed by atoms with Gasteiger partial charge in [-0.3, -0.25) is 0 Å². The van der Waals surface area contributed by atoms with E-state index in [0.717, 1.165) is 4.90 Å². The third kappa shape index (κ3) is 4.52. The van der Waals surface area contributed by atoms with Gasteiger partial charge in [0.2, 0.25) is 0 Å². The average molecular weight is 282 g/mol. The molecule has 0 unspecified atom stereocenters. The van der Waals surface area contributed by atoms with Crippen LogP contribution in [0.5, 0.6) is 0 Å². The second-order valence-electron chi connectivity index (χ2n) is 4.07. The first-order valence-corrected chi connectivity index (χ1v) is 6.15. The van der Waals surface area contributed by atoms with E-state index in [1.54, 1.807) is 30.3 Å². The minimum Gasteiger partial charge on any atom is -0.479 e. The summed E-state index contributed by atoms with van der Waals surface area (Å²) in [7, 11) is 0. The number of carboxylic acid groups (broad SMARTS) is 1. The first kappa shape index (κ1) is 15.9. The van der Waals surface area contributed by atoms with Gasteiger partial charge in [-0.05, 0) is 5.56 Å². The molecule has 4 N–H and O–H groups in total. The molecule has 0 aliphatic rings. The van der Waals surface area contributed by atoms with Crippen molar-refractivity contribution in [3.8, 4) is 0 Å². The Balaban J connectivity index is 2.80. The van der Waals surface area contributed by atoms with Gasteiger partial charge in [0.15, 0.2) is 6.04 Å². The molecule has 0 saturated carbocycles. The summed E-state index contributed by atoms with van der Waals surface area (Å²) in [6, 6.07) is 6.47. The Morgan fingerprint density at radius 3 is 2.10 bits per heavy atom. The summed E-state index contributed by atoms with van der Waals surface area (Å²) in [6.07, 6.45) is 0. The molecule has 0 radical (unpaired) electrons. The number of aliphatic carboxylic acids is 1. The van der Waals surface area contributed by atoms with Crippen LogP contribution in [0.1, 0.15) is 11.6 Å². The van der Waals surface area contributed by atoms with E-state index in [9.17, 15) is 14.7 Å². The van der Waals surface area contributed by atoms with Crippen LogP contribution in [-0.4, -0.2) is 58.5 Å². The number of rotatable bonds is 7. The molecule has 0 aromatic heterocycles. The van der Waals surface area contributed by atoms with Crippen molar-refractivity contribution in [1.29, 1.82) is 0 Å². The number of urea groups is 1. The summed E-state index contributed by atoms with van der Waals surface area (Å²) < 4.78 is 0. The van der Waals surface area contributed by atoms with E-state index in [0.29, 0.717) is 5.56 Å². The monoisotopic (exact) mass is 282 g/mol. The van der Waals surface area contributed by atoms with Crippen molar-refractivity contribution >= 4 is 12.0 Å². The zero-order valence-electron chi connectivity index (χ0n) is 10.9. The van der Waals surface area contributed by atoms with Crippen LogP contribution in [0, 0.1) is 0 Å². The molecule has 1 aromatic carbocycles. The summed E-state index contributed by atoms with van der Waals surface area (Å²) in [5.74, 6) is -1.18. The van der Waals surface area contributed by atoms with E-state index in [2.05, 4.69) is 5.32 Å². The Morgan fingerprint density at radius 2 is 1.65 bits per heavy atom. The number of nitrogens with zero attached hydrogens (tertiary/aromatic N) is 1. The van der Waals surface area contributed by atoms with Crippen molar-refractivity contribution in [3.63, 3.8) is 0 Å². The van der Waals surface area contributed by atoms with Crippen molar-refractivity contribution in [2.75, 3.05) is 26.3 Å². The standard InChI is InChI=1S/C13H18N2O5/c16-8-6-15(7-9-17)13(20)14-11(12(18)19)10-4-2-1-3-5-10/h1-5,11,16-17H,6-9H2,(H,14,20)(H,18,19)/t11-/m0/s1. The normalized spacial score (nSPS) is 11.7. The Kier molecular flexibility index (Phi) is 6.48. The zero-order chi connectivity index (χ0) is 15.0. The lowest BCUT2D eigenvalue weighted by molar-refractivity contribution is -0.139. The van der Waals surface area contributed by atoms with Gasteiger partial charge in [-0.1, -0.05) is 30.3 Å². The minimum absolute atomic E-state index is 0.0214. The second kappa shape index (κ2) is 8.13. The predicted octanol–water partition coefficient (Wildman–Crippen LogP) is -0.191. The van der Waals surface area contributed by atoms with Crippen molar-refractivity contribution in [2.24, 2.45) is 0 Å². The van der Waals surface area contributed by atoms with Crippen LogP contribution in [-0.2, 0) is 4.79 Å². The van der Waals surface area contributed by atoms with E-state index in [1.165, 1.54) is 0 Å². The molecule has 0 fully saturated rings. The third-order valence-electron chi connectivity index (χ3n) is 2.67. The molecule has 7 nitrogen and oxygen atoms in total. The van der Waals surface area contributed by atoms with Gasteiger partial charge in [-0.15, -0.1) is 0 Å². The van der Waals surface area contributed by atoms with E-state index in [4.69, 9.17) is 10.2 Å². The number of hydrogen-bond acceptors (Lipinski definition) is 4. The van der Waals surface area contributed by atoms with Crippen LogP contribution in [0.4, 0.5) is 4.79 Å². The van der Waals surface area contributed by atoms with Crippen LogP contribution in [0.15, 0.2) is 30.3 Å². The molecular weight excluding hydrogens is 264 g/mol. The van der Waals surface area contributed by atoms with Crippen molar-refractivity contribution in [3.05, 3.63) is 35.9 Å². The molecule has 0 aliphatic carbocycles. The maximum atomic E-state index is 11.9. The Morgan fingerprint density at radius 1 is 1.10 bits per heavy atom. The number of carbonyl (C=O) groups is 2. The van der Waals surface area contributed by atoms with Crippen molar-refractivity contribution in [2.45, 2.75) is 6.04 Å². The number of hydrogen-bond donors (Lipinski definition) is 4. The number of carbonyl (C=O) groups excluding carboxylic acids is 1. The quantitative estimate of drug-likeness (QED) is 0.554. The molecule has 0 saturated heterocycles. The number of nitrogens with one attached hydrogen (secondary N) is 1. The first-order chi connectivity index (χ1) is 9.60. The molecule has 0 aliphatic heterocycles. The molecule has 7 heteroatoms. The van der Waals surface area contributed by atoms with Gasteiger partial charge in [0.05, 0.1) is 13.2 Å². The molecular formula is C13H18N2O5. The van der Waals surface area contributed by atoms with Gasteiger partial charge < -0.3 is 25.5 Å². The van der Waals surface area contributed by atoms with Crippen LogP contribution < -0.4 is 5.32 Å². The molecule has 0 heterocycles. The number of aliphatic hydroxyl groups excluding tert-OH is 2. The maximum Gasteiger partial charge on any atom is 0.330 e. The second-order valence-corrected chi connectivity index (χ2v) is 4.07. The van der Waals surface area contributed by atoms with Crippen LogP contribution in [0.3, 0.4) is 0 Å². The van der Waals surface area contributed by atoms with Gasteiger partial charge in [-0.2, -0.15) is 0 Å². The topological polar surface area (TPSA) is 110 Å². The Bertz CT molecular complexity index is 432. The Labute approximate surface area is 116 Å². The highest BCUT2D eigenvalue weighted by molar-refractivity contribution is 5.83. The lowest BCUT2D eigenvalue weighted by Crippen LogP contribution is -2.46. The highest BCUT2D eigenvalue weighted by Gasteiger charge is 2.24. The smallest absolute Gasteiger partial charge is 0.330 e. The molecule has 2 amide bonds. The van der Waals surface area contributed by atoms with E-state index >= 15 is 0 Å². The minimum atomic E-state index is -1.18. The molecule has 1 atom stereocenters. The number of amides is 2. The third-order valence-corrected chi connectivity index (χ3v) is 2.67. The number of benzene rings is 1. The predicted molar refractivity (Wildman–Crippen MR) is 71.1 cm³/mol. The van der Waals surface area contributed by atoms with Gasteiger partial charge in [0, 0.05) is 13.1 Å². The number of carboxylic acids is 1. The fourth-order valence-corrected chi connectivity index (χ4v) is 1.70. The summed E-state index contributed by atoms with van der Waals surface area (Å²) in [6.45, 7) is -0.492. The average Bonchev–Trinajstić information content (AvgIpc) is 2.45. The summed E-state index contributed by atoms with van der Waals surface area (Å²) >= 11 is 0. The Hall–Kier alpha value is -2.12. The van der Waals surface area contributed by atoms with Crippen molar-refractivity contribution in [1.82, 2.24) is 10.2 Å². The van der Waals surface area contributed by atoms with Crippen LogP contribution in [0.25, 0.3) is 0 Å². The largest absolute Gasteiger partial charge is 0.479 e. The fraction of sp³-hybridized carbons (Fsp3) is 0.385. The fourth-order valence-electron chi connectivity index (χ4n) is 1.70. The molecule has 1 rings (SSSR count). The highest BCUT2D eigenvalue weighted by Crippen LogP contribution is 2.13. The van der Waals surface area contributed by atoms with Gasteiger partial charge in [0.1, 0.15) is 0 Å². The SMILES string of the molecule is O=C(O)[C@@H](NC(=O)N(CCO)CCO)c1ccccc1. The lowest BCUT2D eigenvalue weighted by atomic mass is 10.1. The van der Waals surface area contributed by atoms with Gasteiger partial charge in [0.25, 0.3) is 0 Å². The van der Waals surface area contributed by atoms with Crippen molar-refractivity contribution < 1.29 is 24.9 Å². The molecule has 0 spiro atoms. The van der Waals surface area contributed by atoms with Gasteiger partial charge >= 0.3 is 12.0 Å². The lowest BCUT2D eigenvalue weighted by Gasteiger charge is -2.24. The molecule has 0 bridgehead atoms. The van der Waals surface area contributed by atoms with Gasteiger partial charge in [-0.25, -0.2) is 9.59 Å². The first-order valence-electron chi connectivity index (χ1n) is 6.15. The van der Waals surface area contributed by atoms with Crippen LogP contribution in [0.2, 0.25) is 0 Å². The molecule has 20 heavy (non-hydrogen) atoms. The van der Waals surface area contributed by atoms with E-state index in [-0.39, 0.29) is 26.3 Å². The molecule has 110 valence electrons. The summed E-state index contributed by atoms with van der Waals surface area (Å²) in [5, 5.41) is 29.3. The zero-order valence-corrected chi connectivity index (χ0v) is 10.9. The summed E-state index contributed by atoms with van der Waals surface area (Å²) in [5.41, 5.74) is 0.446. The van der Waals surface area contributed by atoms with E-state index < -0.39 is 18.0 Å². The van der Waals surface area contributed by atoms with E-state index in [1.807, 2.05) is 0 Å². The number of aliphatic hydroxyl groups is 2.